The number of rotatable bonds is 7. The average molecular weight is 503 g/mol. The van der Waals surface area contributed by atoms with E-state index >= 15 is 0 Å². The molecule has 0 amide bonds. The molecule has 1 heterocycles. The number of methoxy groups -OCH3 is 1. The molecular weight excluding hydrogens is 481 g/mol. The van der Waals surface area contributed by atoms with E-state index in [1.165, 1.54) is 0 Å². The molecule has 3 aromatic rings. The summed E-state index contributed by atoms with van der Waals surface area (Å²) in [5.74, 6) is 1.26. The van der Waals surface area contributed by atoms with Crippen LogP contribution in [0.1, 0.15) is 11.3 Å². The lowest BCUT2D eigenvalue weighted by Gasteiger charge is -2.12. The van der Waals surface area contributed by atoms with E-state index in [4.69, 9.17) is 9.47 Å². The highest BCUT2D eigenvalue weighted by Crippen LogP contribution is 2.33. The van der Waals surface area contributed by atoms with E-state index in [-0.39, 0.29) is 5.56 Å². The van der Waals surface area contributed by atoms with Crippen LogP contribution in [0.25, 0.3) is 5.69 Å². The minimum atomic E-state index is -0.167. The molecule has 0 atom stereocenters. The molecule has 0 aliphatic heterocycles. The predicted octanol–water partition coefficient (Wildman–Crippen LogP) is 4.41. The third-order valence-corrected chi connectivity index (χ3v) is 5.27. The molecule has 2 aromatic carbocycles. The number of nitrogens with zero attached hydrogens (tertiary/aromatic N) is 3. The fraction of sp³-hybridized carbons (Fsp3) is 0.182. The van der Waals surface area contributed by atoms with Crippen LogP contribution in [0.4, 0.5) is 5.69 Å². The first-order valence-electron chi connectivity index (χ1n) is 8.97. The maximum atomic E-state index is 13.0. The van der Waals surface area contributed by atoms with Crippen molar-refractivity contribution in [2.24, 2.45) is 12.0 Å². The zero-order valence-corrected chi connectivity index (χ0v) is 18.7. The maximum Gasteiger partial charge on any atom is 0.297 e. The van der Waals surface area contributed by atoms with E-state index in [9.17, 15) is 4.79 Å². The molecule has 1 aromatic heterocycles. The molecule has 0 saturated carbocycles. The summed E-state index contributed by atoms with van der Waals surface area (Å²) in [6.07, 6.45) is 3.35. The smallest absolute Gasteiger partial charge is 0.297 e. The predicted molar refractivity (Wildman–Crippen MR) is 124 cm³/mol. The number of para-hydroxylation sites is 1. The van der Waals surface area contributed by atoms with Gasteiger partial charge in [-0.25, -0.2) is 9.67 Å². The molecule has 0 radical (unpaired) electrons. The number of aliphatic imine (C=N–C) groups is 1. The van der Waals surface area contributed by atoms with Gasteiger partial charge in [-0.3, -0.25) is 9.48 Å². The van der Waals surface area contributed by atoms with Crippen LogP contribution in [-0.4, -0.2) is 29.3 Å². The molecule has 3 rings (SSSR count). The van der Waals surface area contributed by atoms with E-state index in [2.05, 4.69) is 34.2 Å². The van der Waals surface area contributed by atoms with Crippen LogP contribution in [0.2, 0.25) is 0 Å². The fourth-order valence-corrected chi connectivity index (χ4v) is 3.72. The molecule has 0 saturated heterocycles. The Bertz CT molecular complexity index is 1110. The molecule has 0 spiro atoms. The van der Waals surface area contributed by atoms with Crippen LogP contribution in [0.5, 0.6) is 11.5 Å². The van der Waals surface area contributed by atoms with Gasteiger partial charge in [-0.2, -0.15) is 0 Å². The quantitative estimate of drug-likeness (QED) is 0.273. The molecule has 6 nitrogen and oxygen atoms in total. The summed E-state index contributed by atoms with van der Waals surface area (Å²) < 4.78 is 15.4. The van der Waals surface area contributed by atoms with Crippen molar-refractivity contribution in [3.05, 3.63) is 80.3 Å². The average Bonchev–Trinajstić information content (AvgIpc) is 2.94. The molecule has 0 aliphatic carbocycles. The van der Waals surface area contributed by atoms with Crippen LogP contribution >= 0.6 is 22.6 Å². The molecule has 0 bridgehead atoms. The van der Waals surface area contributed by atoms with Crippen molar-refractivity contribution in [1.82, 2.24) is 9.36 Å². The van der Waals surface area contributed by atoms with Crippen molar-refractivity contribution >= 4 is 34.5 Å². The van der Waals surface area contributed by atoms with E-state index in [1.807, 2.05) is 56.4 Å². The van der Waals surface area contributed by atoms with Gasteiger partial charge in [0.1, 0.15) is 6.61 Å². The SMILES string of the molecule is C=CCOc1c(I)cc(C=Nc2c(C)n(C)n(-c3ccccc3)c2=O)cc1OC. The third kappa shape index (κ3) is 4.29. The van der Waals surface area contributed by atoms with E-state index in [0.717, 1.165) is 20.5 Å². The summed E-state index contributed by atoms with van der Waals surface area (Å²) in [5, 5.41) is 0. The standard InChI is InChI=1S/C22H22IN3O3/c1-5-11-29-21-18(23)12-16(13-19(21)28-4)14-24-20-15(2)25(3)26(22(20)27)17-9-7-6-8-10-17/h5-10,12-14H,1,11H2,2-4H3. The zero-order chi connectivity index (χ0) is 21.0. The van der Waals surface area contributed by atoms with Gasteiger partial charge in [0.15, 0.2) is 17.2 Å². The Hall–Kier alpha value is -2.81. The number of benzene rings is 2. The first-order chi connectivity index (χ1) is 14.0. The lowest BCUT2D eigenvalue weighted by Crippen LogP contribution is -2.19. The van der Waals surface area contributed by atoms with Crippen molar-refractivity contribution in [2.75, 3.05) is 13.7 Å². The highest BCUT2D eigenvalue weighted by Gasteiger charge is 2.15. The normalized spacial score (nSPS) is 11.0. The summed E-state index contributed by atoms with van der Waals surface area (Å²) in [5.41, 5.74) is 2.62. The second kappa shape index (κ2) is 9.13. The minimum absolute atomic E-state index is 0.167. The topological polar surface area (TPSA) is 57.8 Å². The number of hydrogen-bond acceptors (Lipinski definition) is 4. The van der Waals surface area contributed by atoms with Gasteiger partial charge in [-0.15, -0.1) is 0 Å². The van der Waals surface area contributed by atoms with Crippen LogP contribution in [0.15, 0.2) is 64.9 Å². The largest absolute Gasteiger partial charge is 0.493 e. The van der Waals surface area contributed by atoms with Crippen LogP contribution in [0, 0.1) is 10.5 Å². The fourth-order valence-electron chi connectivity index (χ4n) is 2.94. The van der Waals surface area contributed by atoms with Crippen molar-refractivity contribution in [3.8, 4) is 17.2 Å². The number of ether oxygens (including phenoxy) is 2. The van der Waals surface area contributed by atoms with Gasteiger partial charge in [0, 0.05) is 13.3 Å². The zero-order valence-electron chi connectivity index (χ0n) is 16.6. The van der Waals surface area contributed by atoms with Gasteiger partial charge < -0.3 is 9.47 Å². The first-order valence-corrected chi connectivity index (χ1v) is 10.0. The molecular formula is C22H22IN3O3. The van der Waals surface area contributed by atoms with Crippen LogP contribution in [0.3, 0.4) is 0 Å². The summed E-state index contributed by atoms with van der Waals surface area (Å²) in [7, 11) is 3.44. The third-order valence-electron chi connectivity index (χ3n) is 4.46. The van der Waals surface area contributed by atoms with Crippen molar-refractivity contribution in [3.63, 3.8) is 0 Å². The molecule has 7 heteroatoms. The molecule has 0 unspecified atom stereocenters. The first kappa shape index (κ1) is 20.9. The van der Waals surface area contributed by atoms with Gasteiger partial charge in [0.25, 0.3) is 5.56 Å². The number of hydrogen-bond donors (Lipinski definition) is 0. The monoisotopic (exact) mass is 503 g/mol. The van der Waals surface area contributed by atoms with Crippen molar-refractivity contribution in [2.45, 2.75) is 6.92 Å². The Kier molecular flexibility index (Phi) is 6.58. The molecule has 29 heavy (non-hydrogen) atoms. The Morgan fingerprint density at radius 1 is 1.24 bits per heavy atom. The van der Waals surface area contributed by atoms with Crippen LogP contribution in [-0.2, 0) is 7.05 Å². The maximum absolute atomic E-state index is 13.0. The van der Waals surface area contributed by atoms with Gasteiger partial charge >= 0.3 is 0 Å². The van der Waals surface area contributed by atoms with E-state index in [0.29, 0.717) is 23.8 Å². The summed E-state index contributed by atoms with van der Waals surface area (Å²) in [6, 6.07) is 13.3. The Morgan fingerprint density at radius 2 is 1.97 bits per heavy atom. The highest BCUT2D eigenvalue weighted by atomic mass is 127. The lowest BCUT2D eigenvalue weighted by atomic mass is 10.2. The van der Waals surface area contributed by atoms with Gasteiger partial charge in [-0.1, -0.05) is 30.9 Å². The summed E-state index contributed by atoms with van der Waals surface area (Å²) >= 11 is 2.19. The lowest BCUT2D eigenvalue weighted by molar-refractivity contribution is 0.324. The molecule has 0 N–H and O–H groups in total. The number of aromatic nitrogens is 2. The van der Waals surface area contributed by atoms with Gasteiger partial charge in [-0.05, 0) is 59.3 Å². The van der Waals surface area contributed by atoms with Crippen LogP contribution < -0.4 is 15.0 Å². The molecule has 150 valence electrons. The highest BCUT2D eigenvalue weighted by molar-refractivity contribution is 14.1. The summed E-state index contributed by atoms with van der Waals surface area (Å²) in [4.78, 5) is 17.5. The minimum Gasteiger partial charge on any atom is -0.493 e. The second-order valence-corrected chi connectivity index (χ2v) is 7.46. The number of halogens is 1. The Labute approximate surface area is 183 Å². The Morgan fingerprint density at radius 3 is 2.62 bits per heavy atom. The molecule has 0 aliphatic rings. The van der Waals surface area contributed by atoms with Gasteiger partial charge in [0.05, 0.1) is 22.1 Å². The van der Waals surface area contributed by atoms with Gasteiger partial charge in [0.2, 0.25) is 0 Å². The Balaban J connectivity index is 2.00. The van der Waals surface area contributed by atoms with Crippen molar-refractivity contribution < 1.29 is 9.47 Å². The van der Waals surface area contributed by atoms with E-state index in [1.54, 1.807) is 28.8 Å². The van der Waals surface area contributed by atoms with E-state index < -0.39 is 0 Å². The molecule has 0 fully saturated rings. The summed E-state index contributed by atoms with van der Waals surface area (Å²) in [6.45, 7) is 5.94. The van der Waals surface area contributed by atoms with Crippen molar-refractivity contribution in [1.29, 1.82) is 0 Å². The second-order valence-electron chi connectivity index (χ2n) is 6.30.